The molecule has 2 N–H and O–H groups in total. The summed E-state index contributed by atoms with van der Waals surface area (Å²) in [4.78, 5) is 17.0. The molecule has 186 valence electrons. The summed E-state index contributed by atoms with van der Waals surface area (Å²) in [6.07, 6.45) is 3.78. The number of halogens is 2. The lowest BCUT2D eigenvalue weighted by molar-refractivity contribution is 0.189. The Labute approximate surface area is 203 Å². The molecule has 1 saturated heterocycles. The highest BCUT2D eigenvalue weighted by atomic mass is 32.2. The van der Waals surface area contributed by atoms with Gasteiger partial charge in [-0.05, 0) is 56.2 Å². The molecule has 6 nitrogen and oxygen atoms in total. The number of sulfonamides is 1. The zero-order chi connectivity index (χ0) is 25.0. The Morgan fingerprint density at radius 2 is 1.77 bits per heavy atom. The highest BCUT2D eigenvalue weighted by molar-refractivity contribution is 7.89. The molecule has 2 atom stereocenters. The number of H-pyrrole nitrogens is 2. The van der Waals surface area contributed by atoms with Crippen molar-refractivity contribution in [2.45, 2.75) is 62.8 Å². The second kappa shape index (κ2) is 8.71. The predicted octanol–water partition coefficient (Wildman–Crippen LogP) is 4.75. The van der Waals surface area contributed by atoms with Gasteiger partial charge in [0, 0.05) is 41.0 Å². The Balaban J connectivity index is 1.48. The summed E-state index contributed by atoms with van der Waals surface area (Å²) in [6.45, 7) is 3.59. The van der Waals surface area contributed by atoms with Crippen molar-refractivity contribution in [2.75, 3.05) is 0 Å². The molecule has 3 aromatic rings. The number of nitrogens with one attached hydrogen (secondary N) is 2. The van der Waals surface area contributed by atoms with Gasteiger partial charge in [0.15, 0.2) is 0 Å². The molecule has 1 aliphatic carbocycles. The number of imidazole rings is 1. The van der Waals surface area contributed by atoms with E-state index >= 15 is 8.78 Å². The monoisotopic (exact) mass is 501 g/mol. The minimum Gasteiger partial charge on any atom is -0.313 e. The van der Waals surface area contributed by atoms with Crippen molar-refractivity contribution in [1.29, 1.82) is 0 Å². The van der Waals surface area contributed by atoms with E-state index in [-0.39, 0.29) is 23.7 Å². The quantitative estimate of drug-likeness (QED) is 0.529. The second-order valence-electron chi connectivity index (χ2n) is 10.1. The van der Waals surface area contributed by atoms with Crippen molar-refractivity contribution in [3.05, 3.63) is 93.2 Å². The van der Waals surface area contributed by atoms with Crippen LogP contribution in [0.1, 0.15) is 67.2 Å². The van der Waals surface area contributed by atoms with Gasteiger partial charge in [-0.15, -0.1) is 0 Å². The SMILES string of the molecule is CC1CC(c2c[nH]c(=O)[nH]2)(c2cc(F)c(CN3[C@@H](C)CC[C@H](c4ccccc4)S3(=O)=O)cc2F)C1. The summed E-state index contributed by atoms with van der Waals surface area (Å²) in [5, 5.41) is -0.711. The topological polar surface area (TPSA) is 86.0 Å². The minimum absolute atomic E-state index is 0.000436. The third kappa shape index (κ3) is 4.04. The van der Waals surface area contributed by atoms with E-state index in [0.717, 1.165) is 6.07 Å². The van der Waals surface area contributed by atoms with Gasteiger partial charge in [-0.3, -0.25) is 0 Å². The number of nitrogens with zero attached hydrogens (tertiary/aromatic N) is 1. The number of hydrogen-bond acceptors (Lipinski definition) is 3. The Hall–Kier alpha value is -2.78. The molecule has 0 bridgehead atoms. The molecule has 35 heavy (non-hydrogen) atoms. The van der Waals surface area contributed by atoms with Crippen LogP contribution in [0.3, 0.4) is 0 Å². The molecule has 9 heteroatoms. The van der Waals surface area contributed by atoms with E-state index in [4.69, 9.17) is 0 Å². The maximum atomic E-state index is 15.5. The fourth-order valence-electron chi connectivity index (χ4n) is 5.90. The number of rotatable bonds is 5. The molecular weight excluding hydrogens is 472 g/mol. The summed E-state index contributed by atoms with van der Waals surface area (Å²) in [5.74, 6) is -0.954. The lowest BCUT2D eigenvalue weighted by Gasteiger charge is -2.46. The molecule has 0 radical (unpaired) electrons. The smallest absolute Gasteiger partial charge is 0.313 e. The van der Waals surface area contributed by atoms with E-state index < -0.39 is 38.0 Å². The Kier molecular flexibility index (Phi) is 5.96. The van der Waals surface area contributed by atoms with Gasteiger partial charge in [0.2, 0.25) is 10.0 Å². The van der Waals surface area contributed by atoms with Gasteiger partial charge in [-0.25, -0.2) is 22.0 Å². The highest BCUT2D eigenvalue weighted by Gasteiger charge is 2.48. The normalized spacial score (nSPS) is 28.5. The molecule has 5 rings (SSSR count). The van der Waals surface area contributed by atoms with Crippen molar-refractivity contribution < 1.29 is 17.2 Å². The van der Waals surface area contributed by atoms with Gasteiger partial charge in [0.1, 0.15) is 16.9 Å². The van der Waals surface area contributed by atoms with Crippen LogP contribution in [0, 0.1) is 17.6 Å². The molecule has 1 saturated carbocycles. The van der Waals surface area contributed by atoms with Gasteiger partial charge in [-0.1, -0.05) is 37.3 Å². The van der Waals surface area contributed by atoms with Crippen LogP contribution in [0.5, 0.6) is 0 Å². The molecule has 0 unspecified atom stereocenters. The number of aromatic amines is 2. The number of aromatic nitrogens is 2. The third-order valence-corrected chi connectivity index (χ3v) is 10.0. The van der Waals surface area contributed by atoms with Crippen LogP contribution in [0.4, 0.5) is 8.78 Å². The fraction of sp³-hybridized carbons (Fsp3) is 0.423. The van der Waals surface area contributed by atoms with E-state index in [0.29, 0.717) is 42.9 Å². The average molecular weight is 502 g/mol. The summed E-state index contributed by atoms with van der Waals surface area (Å²) in [6, 6.07) is 11.0. The Morgan fingerprint density at radius 3 is 2.40 bits per heavy atom. The first-order valence-corrected chi connectivity index (χ1v) is 13.4. The zero-order valence-corrected chi connectivity index (χ0v) is 20.5. The van der Waals surface area contributed by atoms with Crippen molar-refractivity contribution >= 4 is 10.0 Å². The molecule has 0 spiro atoms. The lowest BCUT2D eigenvalue weighted by Crippen LogP contribution is -2.45. The largest absolute Gasteiger partial charge is 0.323 e. The van der Waals surface area contributed by atoms with E-state index in [1.807, 2.05) is 13.0 Å². The van der Waals surface area contributed by atoms with Crippen LogP contribution in [-0.4, -0.2) is 28.7 Å². The molecule has 2 heterocycles. The Morgan fingerprint density at radius 1 is 1.06 bits per heavy atom. The highest BCUT2D eigenvalue weighted by Crippen LogP contribution is 2.52. The standard InChI is InChI=1S/C26H29F2N3O3S/c1-16-12-26(13-16,24-14-29-25(32)30-24)20-11-21(27)19(10-22(20)28)15-31-17(2)8-9-23(35(31,33)34)18-6-4-3-5-7-18/h3-7,10-11,14,16-17,23H,8-9,12-13,15H2,1-2H3,(H2,29,30,32)/t16?,17-,23+,26?/m0/s1. The van der Waals surface area contributed by atoms with Crippen LogP contribution in [0.2, 0.25) is 0 Å². The maximum absolute atomic E-state index is 15.5. The van der Waals surface area contributed by atoms with E-state index in [1.165, 1.54) is 16.6 Å². The van der Waals surface area contributed by atoms with Gasteiger partial charge in [0.25, 0.3) is 0 Å². The van der Waals surface area contributed by atoms with Crippen molar-refractivity contribution in [3.8, 4) is 0 Å². The first-order valence-electron chi connectivity index (χ1n) is 11.9. The first kappa shape index (κ1) is 23.9. The average Bonchev–Trinajstić information content (AvgIpc) is 3.23. The predicted molar refractivity (Wildman–Crippen MR) is 129 cm³/mol. The van der Waals surface area contributed by atoms with Gasteiger partial charge >= 0.3 is 5.69 Å². The molecule has 0 amide bonds. The van der Waals surface area contributed by atoms with Crippen molar-refractivity contribution in [2.24, 2.45) is 5.92 Å². The van der Waals surface area contributed by atoms with Gasteiger partial charge < -0.3 is 9.97 Å². The van der Waals surface area contributed by atoms with Crippen molar-refractivity contribution in [1.82, 2.24) is 14.3 Å². The van der Waals surface area contributed by atoms with Crippen LogP contribution >= 0.6 is 0 Å². The van der Waals surface area contributed by atoms with Crippen molar-refractivity contribution in [3.63, 3.8) is 0 Å². The van der Waals surface area contributed by atoms with Crippen LogP contribution in [0.15, 0.2) is 53.5 Å². The molecule has 2 aliphatic rings. The maximum Gasteiger partial charge on any atom is 0.323 e. The van der Waals surface area contributed by atoms with E-state index in [1.54, 1.807) is 31.2 Å². The van der Waals surface area contributed by atoms with E-state index in [2.05, 4.69) is 9.97 Å². The minimum atomic E-state index is -3.77. The fourth-order valence-corrected chi connectivity index (χ4v) is 8.09. The van der Waals surface area contributed by atoms with E-state index in [9.17, 15) is 13.2 Å². The van der Waals surface area contributed by atoms with Gasteiger partial charge in [-0.2, -0.15) is 4.31 Å². The Bertz CT molecular complexity index is 1390. The summed E-state index contributed by atoms with van der Waals surface area (Å²) in [7, 11) is -3.77. The lowest BCUT2D eigenvalue weighted by atomic mass is 9.57. The molecule has 1 aliphatic heterocycles. The summed E-state index contributed by atoms with van der Waals surface area (Å²) < 4.78 is 59.2. The molecule has 2 fully saturated rings. The van der Waals surface area contributed by atoms with Crippen LogP contribution in [-0.2, 0) is 22.0 Å². The molecule has 1 aromatic heterocycles. The van der Waals surface area contributed by atoms with Gasteiger partial charge in [0.05, 0.1) is 0 Å². The summed E-state index contributed by atoms with van der Waals surface area (Å²) in [5.41, 5.74) is 0.209. The zero-order valence-electron chi connectivity index (χ0n) is 19.7. The number of hydrogen-bond donors (Lipinski definition) is 2. The molecule has 2 aromatic carbocycles. The first-order chi connectivity index (χ1) is 16.6. The molecular formula is C26H29F2N3O3S. The third-order valence-electron chi connectivity index (χ3n) is 7.68. The van der Waals surface area contributed by atoms with Crippen LogP contribution in [0.25, 0.3) is 0 Å². The second-order valence-corrected chi connectivity index (χ2v) is 12.2. The van der Waals surface area contributed by atoms with Crippen LogP contribution < -0.4 is 5.69 Å². The summed E-state index contributed by atoms with van der Waals surface area (Å²) >= 11 is 0. The number of benzene rings is 2.